The summed E-state index contributed by atoms with van der Waals surface area (Å²) in [7, 11) is 0. The highest BCUT2D eigenvalue weighted by atomic mass is 19.1. The lowest BCUT2D eigenvalue weighted by molar-refractivity contribution is 0.0337. The fourth-order valence-corrected chi connectivity index (χ4v) is 3.09. The Morgan fingerprint density at radius 3 is 2.23 bits per heavy atom. The van der Waals surface area contributed by atoms with Gasteiger partial charge in [0.1, 0.15) is 11.9 Å². The molecule has 3 rings (SSSR count). The summed E-state index contributed by atoms with van der Waals surface area (Å²) in [5.41, 5.74) is 5.29. The van der Waals surface area contributed by atoms with Crippen LogP contribution in [0.3, 0.4) is 0 Å². The zero-order valence-corrected chi connectivity index (χ0v) is 15.4. The Balaban J connectivity index is 1.85. The third-order valence-corrected chi connectivity index (χ3v) is 4.57. The first kappa shape index (κ1) is 17.9. The predicted octanol–water partition coefficient (Wildman–Crippen LogP) is 5.46. The van der Waals surface area contributed by atoms with Crippen molar-refractivity contribution in [3.8, 4) is 5.69 Å². The van der Waals surface area contributed by atoms with Gasteiger partial charge >= 0.3 is 5.97 Å². The Kier molecular flexibility index (Phi) is 4.94. The molecule has 0 spiro atoms. The highest BCUT2D eigenvalue weighted by Gasteiger charge is 2.20. The van der Waals surface area contributed by atoms with E-state index in [0.717, 1.165) is 22.6 Å². The van der Waals surface area contributed by atoms with Crippen molar-refractivity contribution in [2.45, 2.75) is 33.8 Å². The van der Waals surface area contributed by atoms with Gasteiger partial charge < -0.3 is 9.30 Å². The molecule has 134 valence electrons. The van der Waals surface area contributed by atoms with Crippen LogP contribution < -0.4 is 0 Å². The number of aryl methyl sites for hydroxylation is 2. The smallest absolute Gasteiger partial charge is 0.340 e. The maximum absolute atomic E-state index is 13.1. The molecule has 0 saturated carbocycles. The molecule has 1 heterocycles. The van der Waals surface area contributed by atoms with Crippen molar-refractivity contribution in [2.24, 2.45) is 0 Å². The second kappa shape index (κ2) is 7.16. The van der Waals surface area contributed by atoms with Crippen molar-refractivity contribution >= 4 is 5.97 Å². The molecular weight excluding hydrogens is 329 g/mol. The Bertz CT molecular complexity index is 924. The molecule has 3 nitrogen and oxygen atoms in total. The lowest BCUT2D eigenvalue weighted by atomic mass is 10.1. The summed E-state index contributed by atoms with van der Waals surface area (Å²) in [5.74, 6) is -0.692. The average Bonchev–Trinajstić information content (AvgIpc) is 2.91. The van der Waals surface area contributed by atoms with Crippen LogP contribution in [0.5, 0.6) is 0 Å². The molecule has 1 atom stereocenters. The second-order valence-electron chi connectivity index (χ2n) is 6.55. The Morgan fingerprint density at radius 1 is 1.00 bits per heavy atom. The van der Waals surface area contributed by atoms with E-state index in [-0.39, 0.29) is 11.8 Å². The summed E-state index contributed by atoms with van der Waals surface area (Å²) in [4.78, 5) is 12.7. The summed E-state index contributed by atoms with van der Waals surface area (Å²) in [6.07, 6.45) is -0.453. The number of hydrogen-bond donors (Lipinski definition) is 0. The van der Waals surface area contributed by atoms with Crippen LogP contribution in [-0.4, -0.2) is 10.5 Å². The van der Waals surface area contributed by atoms with E-state index < -0.39 is 6.10 Å². The highest BCUT2D eigenvalue weighted by molar-refractivity contribution is 5.91. The molecule has 0 N–H and O–H groups in total. The minimum atomic E-state index is -0.453. The molecule has 1 aromatic heterocycles. The van der Waals surface area contributed by atoms with Gasteiger partial charge in [-0.25, -0.2) is 9.18 Å². The predicted molar refractivity (Wildman–Crippen MR) is 100 cm³/mol. The third-order valence-electron chi connectivity index (χ3n) is 4.57. The molecule has 26 heavy (non-hydrogen) atoms. The van der Waals surface area contributed by atoms with Gasteiger partial charge in [-0.05, 0) is 63.6 Å². The maximum Gasteiger partial charge on any atom is 0.340 e. The molecule has 0 radical (unpaired) electrons. The molecule has 0 aliphatic rings. The highest BCUT2D eigenvalue weighted by Crippen LogP contribution is 2.24. The lowest BCUT2D eigenvalue weighted by Gasteiger charge is -2.14. The third kappa shape index (κ3) is 3.54. The van der Waals surface area contributed by atoms with Gasteiger partial charge in [-0.1, -0.05) is 29.8 Å². The van der Waals surface area contributed by atoms with Gasteiger partial charge in [-0.15, -0.1) is 0 Å². The number of carbonyl (C=O) groups is 1. The topological polar surface area (TPSA) is 31.2 Å². The Morgan fingerprint density at radius 2 is 1.62 bits per heavy atom. The van der Waals surface area contributed by atoms with E-state index in [9.17, 15) is 9.18 Å². The monoisotopic (exact) mass is 351 g/mol. The number of esters is 1. The van der Waals surface area contributed by atoms with Crippen LogP contribution in [0.25, 0.3) is 5.69 Å². The minimum absolute atomic E-state index is 0.311. The molecule has 2 aromatic carbocycles. The fraction of sp³-hybridized carbons (Fsp3) is 0.227. The van der Waals surface area contributed by atoms with E-state index in [0.29, 0.717) is 5.56 Å². The van der Waals surface area contributed by atoms with Gasteiger partial charge in [0.2, 0.25) is 0 Å². The van der Waals surface area contributed by atoms with E-state index in [1.165, 1.54) is 17.7 Å². The number of ether oxygens (including phenoxy) is 1. The first-order valence-corrected chi connectivity index (χ1v) is 8.59. The van der Waals surface area contributed by atoms with Crippen LogP contribution in [0.15, 0.2) is 54.6 Å². The van der Waals surface area contributed by atoms with Crippen molar-refractivity contribution in [3.63, 3.8) is 0 Å². The molecule has 0 saturated heterocycles. The number of nitrogens with zero attached hydrogens (tertiary/aromatic N) is 1. The minimum Gasteiger partial charge on any atom is -0.454 e. The average molecular weight is 351 g/mol. The van der Waals surface area contributed by atoms with Crippen LogP contribution in [0.1, 0.15) is 45.9 Å². The van der Waals surface area contributed by atoms with Gasteiger partial charge in [0.15, 0.2) is 0 Å². The maximum atomic E-state index is 13.1. The van der Waals surface area contributed by atoms with Gasteiger partial charge in [-0.3, -0.25) is 0 Å². The largest absolute Gasteiger partial charge is 0.454 e. The normalized spacial score (nSPS) is 12.0. The molecule has 0 amide bonds. The first-order valence-electron chi connectivity index (χ1n) is 8.59. The van der Waals surface area contributed by atoms with Crippen LogP contribution in [-0.2, 0) is 4.74 Å². The van der Waals surface area contributed by atoms with Gasteiger partial charge in [0.25, 0.3) is 0 Å². The van der Waals surface area contributed by atoms with Crippen LogP contribution >= 0.6 is 0 Å². The summed E-state index contributed by atoms with van der Waals surface area (Å²) in [6.45, 7) is 7.70. The van der Waals surface area contributed by atoms with Crippen LogP contribution in [0.4, 0.5) is 4.39 Å². The zero-order valence-electron chi connectivity index (χ0n) is 15.4. The second-order valence-corrected chi connectivity index (χ2v) is 6.55. The fourth-order valence-electron chi connectivity index (χ4n) is 3.09. The van der Waals surface area contributed by atoms with Crippen molar-refractivity contribution in [3.05, 3.63) is 88.5 Å². The van der Waals surface area contributed by atoms with E-state index in [4.69, 9.17) is 4.74 Å². The summed E-state index contributed by atoms with van der Waals surface area (Å²) in [6, 6.07) is 16.0. The quantitative estimate of drug-likeness (QED) is 0.585. The van der Waals surface area contributed by atoms with E-state index in [1.54, 1.807) is 19.1 Å². The summed E-state index contributed by atoms with van der Waals surface area (Å²) >= 11 is 0. The van der Waals surface area contributed by atoms with Gasteiger partial charge in [0.05, 0.1) is 5.56 Å². The van der Waals surface area contributed by atoms with Gasteiger partial charge in [0, 0.05) is 17.1 Å². The lowest BCUT2D eigenvalue weighted by Crippen LogP contribution is -2.10. The molecule has 0 bridgehead atoms. The van der Waals surface area contributed by atoms with Crippen molar-refractivity contribution in [2.75, 3.05) is 0 Å². The first-order chi connectivity index (χ1) is 12.4. The zero-order chi connectivity index (χ0) is 18.8. The number of halogens is 1. The molecule has 0 fully saturated rings. The standard InChI is InChI=1S/C22H22FNO2/c1-14-5-11-20(12-6-14)24-15(2)13-21(16(24)3)22(25)26-17(4)18-7-9-19(23)10-8-18/h5-13,17H,1-4H3/t17-/m1/s1. The number of benzene rings is 2. The van der Waals surface area contributed by atoms with E-state index in [2.05, 4.69) is 0 Å². The number of aromatic nitrogens is 1. The molecule has 0 unspecified atom stereocenters. The van der Waals surface area contributed by atoms with Crippen molar-refractivity contribution in [1.29, 1.82) is 0 Å². The molecule has 4 heteroatoms. The number of hydrogen-bond acceptors (Lipinski definition) is 2. The molecule has 0 aliphatic heterocycles. The number of rotatable bonds is 4. The Hall–Kier alpha value is -2.88. The van der Waals surface area contributed by atoms with Crippen molar-refractivity contribution < 1.29 is 13.9 Å². The van der Waals surface area contributed by atoms with Gasteiger partial charge in [-0.2, -0.15) is 0 Å². The van der Waals surface area contributed by atoms with Crippen LogP contribution in [0.2, 0.25) is 0 Å². The summed E-state index contributed by atoms with van der Waals surface area (Å²) in [5, 5.41) is 0. The summed E-state index contributed by atoms with van der Waals surface area (Å²) < 4.78 is 20.7. The van der Waals surface area contributed by atoms with E-state index in [1.807, 2.05) is 55.7 Å². The Labute approximate surface area is 153 Å². The van der Waals surface area contributed by atoms with E-state index >= 15 is 0 Å². The number of carbonyl (C=O) groups excluding carboxylic acids is 1. The van der Waals surface area contributed by atoms with Crippen LogP contribution in [0, 0.1) is 26.6 Å². The molecular formula is C22H22FNO2. The van der Waals surface area contributed by atoms with Crippen molar-refractivity contribution in [1.82, 2.24) is 4.57 Å². The molecule has 3 aromatic rings. The molecule has 0 aliphatic carbocycles. The SMILES string of the molecule is Cc1ccc(-n2c(C)cc(C(=O)O[C@H](C)c3ccc(F)cc3)c2C)cc1.